The molecule has 0 aliphatic carbocycles. The normalized spacial score (nSPS) is 21.1. The molecule has 0 saturated carbocycles. The van der Waals surface area contributed by atoms with Crippen LogP contribution in [-0.2, 0) is 6.54 Å². The average molecular weight is 358 g/mol. The zero-order valence-corrected chi connectivity index (χ0v) is 15.4. The van der Waals surface area contributed by atoms with E-state index in [4.69, 9.17) is 4.74 Å². The first-order valence-electron chi connectivity index (χ1n) is 9.10. The van der Waals surface area contributed by atoms with Gasteiger partial charge in [0.1, 0.15) is 6.04 Å². The van der Waals surface area contributed by atoms with Crippen molar-refractivity contribution >= 4 is 22.9 Å². The highest BCUT2D eigenvalue weighted by Crippen LogP contribution is 2.48. The summed E-state index contributed by atoms with van der Waals surface area (Å²) in [4.78, 5) is 23.5. The quantitative estimate of drug-likeness (QED) is 0.363. The molecule has 3 heterocycles. The molecular formula is C19H24N3O4+. The summed E-state index contributed by atoms with van der Waals surface area (Å²) >= 11 is 0. The Morgan fingerprint density at radius 3 is 2.65 bits per heavy atom. The molecule has 2 aliphatic heterocycles. The molecule has 138 valence electrons. The number of carbonyl (C=O) groups is 1. The molecule has 1 unspecified atom stereocenters. The summed E-state index contributed by atoms with van der Waals surface area (Å²) in [6.07, 6.45) is 4.16. The van der Waals surface area contributed by atoms with Crippen LogP contribution in [-0.4, -0.2) is 47.5 Å². The van der Waals surface area contributed by atoms with Gasteiger partial charge in [0.2, 0.25) is 5.75 Å². The maximum Gasteiger partial charge on any atom is 0.321 e. The highest BCUT2D eigenvalue weighted by Gasteiger charge is 2.45. The molecule has 1 saturated heterocycles. The second kappa shape index (κ2) is 5.81. The molecule has 7 nitrogen and oxygen atoms in total. The van der Waals surface area contributed by atoms with E-state index in [0.29, 0.717) is 10.9 Å². The Balaban J connectivity index is 2.06. The first-order chi connectivity index (χ1) is 12.4. The van der Waals surface area contributed by atoms with Crippen LogP contribution in [0.4, 0.5) is 5.69 Å². The zero-order valence-electron chi connectivity index (χ0n) is 15.4. The van der Waals surface area contributed by atoms with Crippen LogP contribution in [0.15, 0.2) is 6.07 Å². The molecule has 1 fully saturated rings. The first-order valence-corrected chi connectivity index (χ1v) is 9.10. The second-order valence-electron chi connectivity index (χ2n) is 7.73. The van der Waals surface area contributed by atoms with Gasteiger partial charge < -0.3 is 13.8 Å². The van der Waals surface area contributed by atoms with Gasteiger partial charge in [0.05, 0.1) is 54.3 Å². The van der Waals surface area contributed by atoms with E-state index in [9.17, 15) is 14.9 Å². The van der Waals surface area contributed by atoms with Crippen molar-refractivity contribution in [3.63, 3.8) is 0 Å². The third-order valence-electron chi connectivity index (χ3n) is 6.33. The number of benzene rings is 1. The predicted octanol–water partition coefficient (Wildman–Crippen LogP) is 3.36. The Bertz CT molecular complexity index is 925. The van der Waals surface area contributed by atoms with Crippen molar-refractivity contribution in [1.82, 2.24) is 4.57 Å². The van der Waals surface area contributed by atoms with Crippen LogP contribution < -0.4 is 4.74 Å². The number of fused-ring (bicyclic) bond motifs is 3. The number of carbonyl (C=O) groups excluding carboxylic acids is 1. The highest BCUT2D eigenvalue weighted by molar-refractivity contribution is 6.06. The number of rotatable bonds is 4. The summed E-state index contributed by atoms with van der Waals surface area (Å²) in [6, 6.07) is 2.14. The van der Waals surface area contributed by atoms with Gasteiger partial charge in [0, 0.05) is 31.4 Å². The predicted molar refractivity (Wildman–Crippen MR) is 97.8 cm³/mol. The second-order valence-corrected chi connectivity index (χ2v) is 7.73. The van der Waals surface area contributed by atoms with Gasteiger partial charge in [-0.05, 0) is 13.0 Å². The highest BCUT2D eigenvalue weighted by atomic mass is 16.6. The number of aryl methyl sites for hydroxylation is 2. The third kappa shape index (κ3) is 2.13. The van der Waals surface area contributed by atoms with Gasteiger partial charge in [-0.15, -0.1) is 0 Å². The molecule has 1 atom stereocenters. The van der Waals surface area contributed by atoms with E-state index in [0.717, 1.165) is 53.6 Å². The summed E-state index contributed by atoms with van der Waals surface area (Å²) < 4.78 is 8.37. The third-order valence-corrected chi connectivity index (χ3v) is 6.33. The topological polar surface area (TPSA) is 74.4 Å². The van der Waals surface area contributed by atoms with E-state index in [2.05, 4.69) is 11.6 Å². The van der Waals surface area contributed by atoms with Gasteiger partial charge in [-0.25, -0.2) is 0 Å². The van der Waals surface area contributed by atoms with Crippen LogP contribution in [0.1, 0.15) is 46.9 Å². The number of nitro groups is 1. The molecule has 2 aliphatic rings. The summed E-state index contributed by atoms with van der Waals surface area (Å²) in [5.74, 6) is 0.244. The van der Waals surface area contributed by atoms with Crippen LogP contribution in [0, 0.1) is 17.0 Å². The van der Waals surface area contributed by atoms with Crippen molar-refractivity contribution in [2.24, 2.45) is 0 Å². The molecule has 1 aromatic heterocycles. The molecule has 2 aromatic rings. The fourth-order valence-electron chi connectivity index (χ4n) is 5.16. The smallest absolute Gasteiger partial charge is 0.321 e. The standard InChI is InChI=1S/C19H24N3O4/c1-12-10-14-16(18(21(24)25)19(12)26-3)13(11-23)17-15(6-7-20(14)17)22(2)8-4-5-9-22/h10-11,15H,4-9H2,1-3H3/q+1. The van der Waals surface area contributed by atoms with Crippen LogP contribution >= 0.6 is 0 Å². The minimum Gasteiger partial charge on any atom is -0.490 e. The fraction of sp³-hybridized carbons (Fsp3) is 0.526. The van der Waals surface area contributed by atoms with Crippen molar-refractivity contribution in [2.45, 2.75) is 38.8 Å². The summed E-state index contributed by atoms with van der Waals surface area (Å²) in [7, 11) is 3.69. The number of likely N-dealkylation sites (tertiary alicyclic amines) is 1. The van der Waals surface area contributed by atoms with Crippen LogP contribution in [0.2, 0.25) is 0 Å². The number of quaternary nitrogens is 1. The van der Waals surface area contributed by atoms with Crippen molar-refractivity contribution in [2.75, 3.05) is 27.2 Å². The molecule has 26 heavy (non-hydrogen) atoms. The van der Waals surface area contributed by atoms with Crippen molar-refractivity contribution in [3.8, 4) is 5.75 Å². The maximum atomic E-state index is 12.1. The molecule has 4 rings (SSSR count). The van der Waals surface area contributed by atoms with Gasteiger partial charge in [-0.2, -0.15) is 0 Å². The number of hydrogen-bond acceptors (Lipinski definition) is 4. The Hall–Kier alpha value is -2.41. The Morgan fingerprint density at radius 1 is 1.38 bits per heavy atom. The molecule has 0 amide bonds. The van der Waals surface area contributed by atoms with Gasteiger partial charge in [0.25, 0.3) is 0 Å². The fourth-order valence-corrected chi connectivity index (χ4v) is 5.16. The lowest BCUT2D eigenvalue weighted by molar-refractivity contribution is -0.928. The van der Waals surface area contributed by atoms with Gasteiger partial charge in [-0.1, -0.05) is 0 Å². The van der Waals surface area contributed by atoms with Crippen LogP contribution in [0.3, 0.4) is 0 Å². The van der Waals surface area contributed by atoms with Gasteiger partial charge >= 0.3 is 5.69 Å². The molecular weight excluding hydrogens is 334 g/mol. The number of ether oxygens (including phenoxy) is 1. The molecule has 1 aromatic carbocycles. The summed E-state index contributed by atoms with van der Waals surface area (Å²) in [6.45, 7) is 4.79. The number of aldehydes is 1. The lowest BCUT2D eigenvalue weighted by Crippen LogP contribution is -2.43. The average Bonchev–Trinajstić information content (AvgIpc) is 3.28. The number of aromatic nitrogens is 1. The lowest BCUT2D eigenvalue weighted by Gasteiger charge is -2.35. The lowest BCUT2D eigenvalue weighted by atomic mass is 10.0. The van der Waals surface area contributed by atoms with Gasteiger partial charge in [-0.3, -0.25) is 14.9 Å². The monoisotopic (exact) mass is 358 g/mol. The Morgan fingerprint density at radius 2 is 2.08 bits per heavy atom. The molecule has 0 N–H and O–H groups in total. The van der Waals surface area contributed by atoms with E-state index in [1.165, 1.54) is 20.0 Å². The minimum absolute atomic E-state index is 0.0886. The van der Waals surface area contributed by atoms with Crippen LogP contribution in [0.5, 0.6) is 5.75 Å². The molecule has 7 heteroatoms. The van der Waals surface area contributed by atoms with Crippen molar-refractivity contribution in [1.29, 1.82) is 0 Å². The molecule has 0 bridgehead atoms. The van der Waals surface area contributed by atoms with Crippen molar-refractivity contribution < 1.29 is 18.9 Å². The molecule has 0 radical (unpaired) electrons. The van der Waals surface area contributed by atoms with E-state index in [1.807, 2.05) is 13.0 Å². The number of nitro benzene ring substituents is 1. The number of nitrogens with zero attached hydrogens (tertiary/aromatic N) is 3. The van der Waals surface area contributed by atoms with E-state index >= 15 is 0 Å². The summed E-state index contributed by atoms with van der Waals surface area (Å²) in [5.41, 5.74) is 2.85. The van der Waals surface area contributed by atoms with E-state index in [-0.39, 0.29) is 17.5 Å². The van der Waals surface area contributed by atoms with Crippen molar-refractivity contribution in [3.05, 3.63) is 33.0 Å². The summed E-state index contributed by atoms with van der Waals surface area (Å²) in [5, 5.41) is 12.3. The Labute approximate surface area is 151 Å². The minimum atomic E-state index is -0.419. The first kappa shape index (κ1) is 17.0. The Kier molecular flexibility index (Phi) is 3.80. The number of methoxy groups -OCH3 is 1. The maximum absolute atomic E-state index is 12.1. The zero-order chi connectivity index (χ0) is 18.6. The van der Waals surface area contributed by atoms with E-state index in [1.54, 1.807) is 0 Å². The van der Waals surface area contributed by atoms with Crippen LogP contribution in [0.25, 0.3) is 10.9 Å². The number of hydrogen-bond donors (Lipinski definition) is 0. The largest absolute Gasteiger partial charge is 0.490 e. The molecule has 0 spiro atoms. The van der Waals surface area contributed by atoms with Gasteiger partial charge in [0.15, 0.2) is 6.29 Å². The SMILES string of the molecule is COc1c(C)cc2c(c(C=O)c3n2CCC3[N+]2(C)CCCC2)c1[N+](=O)[O-]. The van der Waals surface area contributed by atoms with E-state index < -0.39 is 4.92 Å².